The molecular formula is C15H23NO3. The lowest BCUT2D eigenvalue weighted by atomic mass is 9.72. The molecule has 0 saturated carbocycles. The lowest BCUT2D eigenvalue weighted by Crippen LogP contribution is -2.36. The lowest BCUT2D eigenvalue weighted by Gasteiger charge is -2.31. The van der Waals surface area contributed by atoms with Gasteiger partial charge < -0.3 is 15.6 Å². The van der Waals surface area contributed by atoms with Gasteiger partial charge in [-0.3, -0.25) is 4.79 Å². The number of ether oxygens (including phenoxy) is 1. The molecule has 0 fully saturated rings. The monoisotopic (exact) mass is 265 g/mol. The molecule has 3 N–H and O–H groups in total. The third kappa shape index (κ3) is 3.00. The molecular weight excluding hydrogens is 242 g/mol. The van der Waals surface area contributed by atoms with Gasteiger partial charge in [-0.05, 0) is 36.6 Å². The van der Waals surface area contributed by atoms with Gasteiger partial charge in [0.05, 0.1) is 12.5 Å². The largest absolute Gasteiger partial charge is 0.497 e. The van der Waals surface area contributed by atoms with Gasteiger partial charge in [0.2, 0.25) is 0 Å². The number of carboxylic acid groups (broad SMARTS) is 1. The van der Waals surface area contributed by atoms with Crippen molar-refractivity contribution in [1.82, 2.24) is 0 Å². The molecule has 0 bridgehead atoms. The van der Waals surface area contributed by atoms with E-state index in [0.717, 1.165) is 12.8 Å². The molecule has 0 saturated heterocycles. The predicted molar refractivity (Wildman–Crippen MR) is 76.5 cm³/mol. The van der Waals surface area contributed by atoms with Crippen LogP contribution in [-0.2, 0) is 10.2 Å². The van der Waals surface area contributed by atoms with Crippen LogP contribution in [0, 0.1) is 0 Å². The summed E-state index contributed by atoms with van der Waals surface area (Å²) in [7, 11) is 1.57. The molecule has 4 heteroatoms. The Labute approximate surface area is 114 Å². The Balaban J connectivity index is 3.41. The van der Waals surface area contributed by atoms with Crippen molar-refractivity contribution in [2.45, 2.75) is 44.9 Å². The standard InChI is InChI=1S/C15H23NO3/c1-4-8-15(9-5-2,14(17)18)12-10-11(19-3)6-7-13(12)16/h6-7,10H,4-5,8-9,16H2,1-3H3,(H,17,18). The maximum Gasteiger partial charge on any atom is 0.314 e. The van der Waals surface area contributed by atoms with Gasteiger partial charge in [0, 0.05) is 5.69 Å². The Morgan fingerprint density at radius 3 is 2.32 bits per heavy atom. The molecule has 0 heterocycles. The van der Waals surface area contributed by atoms with Crippen LogP contribution in [0.4, 0.5) is 5.69 Å². The van der Waals surface area contributed by atoms with E-state index >= 15 is 0 Å². The number of nitrogen functional groups attached to an aromatic ring is 1. The summed E-state index contributed by atoms with van der Waals surface area (Å²) in [5.74, 6) is -0.168. The van der Waals surface area contributed by atoms with E-state index in [4.69, 9.17) is 10.5 Å². The van der Waals surface area contributed by atoms with Crippen LogP contribution in [0.3, 0.4) is 0 Å². The third-order valence-corrected chi connectivity index (χ3v) is 3.54. The van der Waals surface area contributed by atoms with E-state index < -0.39 is 11.4 Å². The number of hydrogen-bond acceptors (Lipinski definition) is 3. The highest BCUT2D eigenvalue weighted by Gasteiger charge is 2.40. The molecule has 1 aromatic rings. The molecule has 0 aliphatic rings. The average Bonchev–Trinajstić information content (AvgIpc) is 2.38. The summed E-state index contributed by atoms with van der Waals surface area (Å²) in [4.78, 5) is 11.9. The average molecular weight is 265 g/mol. The van der Waals surface area contributed by atoms with Gasteiger partial charge in [-0.25, -0.2) is 0 Å². The van der Waals surface area contributed by atoms with E-state index in [-0.39, 0.29) is 0 Å². The second-order valence-electron chi connectivity index (χ2n) is 4.84. The van der Waals surface area contributed by atoms with E-state index in [0.29, 0.717) is 29.8 Å². The quantitative estimate of drug-likeness (QED) is 0.742. The normalized spacial score (nSPS) is 11.3. The van der Waals surface area contributed by atoms with E-state index in [1.807, 2.05) is 13.8 Å². The van der Waals surface area contributed by atoms with Crippen molar-refractivity contribution in [3.8, 4) is 5.75 Å². The Bertz CT molecular complexity index is 437. The first-order valence-corrected chi connectivity index (χ1v) is 6.69. The molecule has 1 aromatic carbocycles. The van der Waals surface area contributed by atoms with Crippen molar-refractivity contribution in [2.75, 3.05) is 12.8 Å². The zero-order valence-electron chi connectivity index (χ0n) is 11.9. The summed E-state index contributed by atoms with van der Waals surface area (Å²) in [5.41, 5.74) is 6.28. The smallest absolute Gasteiger partial charge is 0.314 e. The highest BCUT2D eigenvalue weighted by molar-refractivity contribution is 5.84. The minimum atomic E-state index is -0.915. The number of nitrogens with two attached hydrogens (primary N) is 1. The summed E-state index contributed by atoms with van der Waals surface area (Å²) < 4.78 is 5.19. The molecule has 0 radical (unpaired) electrons. The van der Waals surface area contributed by atoms with Crippen molar-refractivity contribution < 1.29 is 14.6 Å². The number of anilines is 1. The summed E-state index contributed by atoms with van der Waals surface area (Å²) in [6.07, 6.45) is 2.74. The first kappa shape index (κ1) is 15.3. The minimum absolute atomic E-state index is 0.519. The molecule has 106 valence electrons. The highest BCUT2D eigenvalue weighted by Crippen LogP contribution is 2.39. The number of methoxy groups -OCH3 is 1. The van der Waals surface area contributed by atoms with Crippen molar-refractivity contribution in [3.63, 3.8) is 0 Å². The lowest BCUT2D eigenvalue weighted by molar-refractivity contribution is -0.144. The van der Waals surface area contributed by atoms with Gasteiger partial charge >= 0.3 is 5.97 Å². The topological polar surface area (TPSA) is 72.5 Å². The van der Waals surface area contributed by atoms with Gasteiger partial charge in [0.25, 0.3) is 0 Å². The molecule has 19 heavy (non-hydrogen) atoms. The summed E-state index contributed by atoms with van der Waals surface area (Å²) >= 11 is 0. The molecule has 4 nitrogen and oxygen atoms in total. The van der Waals surface area contributed by atoms with Gasteiger partial charge in [-0.1, -0.05) is 26.7 Å². The van der Waals surface area contributed by atoms with Gasteiger partial charge in [-0.2, -0.15) is 0 Å². The first-order valence-electron chi connectivity index (χ1n) is 6.69. The van der Waals surface area contributed by atoms with E-state index in [9.17, 15) is 9.90 Å². The zero-order chi connectivity index (χ0) is 14.5. The van der Waals surface area contributed by atoms with E-state index in [1.54, 1.807) is 25.3 Å². The fourth-order valence-corrected chi connectivity index (χ4v) is 2.65. The molecule has 0 atom stereocenters. The van der Waals surface area contributed by atoms with Crippen LogP contribution < -0.4 is 10.5 Å². The van der Waals surface area contributed by atoms with Crippen molar-refractivity contribution >= 4 is 11.7 Å². The van der Waals surface area contributed by atoms with Crippen molar-refractivity contribution in [3.05, 3.63) is 23.8 Å². The molecule has 0 spiro atoms. The van der Waals surface area contributed by atoms with Crippen LogP contribution in [0.15, 0.2) is 18.2 Å². The SMILES string of the molecule is CCCC(CCC)(C(=O)O)c1cc(OC)ccc1N. The number of rotatable bonds is 7. The maximum atomic E-state index is 11.9. The molecule has 0 amide bonds. The molecule has 0 unspecified atom stereocenters. The first-order chi connectivity index (χ1) is 9.01. The summed E-state index contributed by atoms with van der Waals surface area (Å²) in [6, 6.07) is 5.23. The number of carbonyl (C=O) groups is 1. The van der Waals surface area contributed by atoms with Gasteiger partial charge in [0.15, 0.2) is 0 Å². The number of hydrogen-bond donors (Lipinski definition) is 2. The van der Waals surface area contributed by atoms with E-state index in [2.05, 4.69) is 0 Å². The van der Waals surface area contributed by atoms with Crippen LogP contribution in [0.1, 0.15) is 45.1 Å². The number of carboxylic acids is 1. The third-order valence-electron chi connectivity index (χ3n) is 3.54. The van der Waals surface area contributed by atoms with Crippen LogP contribution >= 0.6 is 0 Å². The fraction of sp³-hybridized carbons (Fsp3) is 0.533. The Morgan fingerprint density at radius 2 is 1.89 bits per heavy atom. The van der Waals surface area contributed by atoms with E-state index in [1.165, 1.54) is 0 Å². The molecule has 1 rings (SSSR count). The molecule has 0 aliphatic carbocycles. The van der Waals surface area contributed by atoms with Crippen LogP contribution in [0.2, 0.25) is 0 Å². The van der Waals surface area contributed by atoms with Crippen LogP contribution in [0.5, 0.6) is 5.75 Å². The Kier molecular flexibility index (Phi) is 5.21. The second kappa shape index (κ2) is 6.45. The number of benzene rings is 1. The van der Waals surface area contributed by atoms with Gasteiger partial charge in [-0.15, -0.1) is 0 Å². The highest BCUT2D eigenvalue weighted by atomic mass is 16.5. The molecule has 0 aliphatic heterocycles. The maximum absolute atomic E-state index is 11.9. The summed E-state index contributed by atoms with van der Waals surface area (Å²) in [5, 5.41) is 9.73. The fourth-order valence-electron chi connectivity index (χ4n) is 2.65. The minimum Gasteiger partial charge on any atom is -0.497 e. The zero-order valence-corrected chi connectivity index (χ0v) is 11.9. The van der Waals surface area contributed by atoms with Gasteiger partial charge in [0.1, 0.15) is 5.75 Å². The summed E-state index contributed by atoms with van der Waals surface area (Å²) in [6.45, 7) is 3.98. The van der Waals surface area contributed by atoms with Crippen molar-refractivity contribution in [2.24, 2.45) is 0 Å². The molecule has 0 aromatic heterocycles. The van der Waals surface area contributed by atoms with Crippen molar-refractivity contribution in [1.29, 1.82) is 0 Å². The van der Waals surface area contributed by atoms with Crippen LogP contribution in [0.25, 0.3) is 0 Å². The Morgan fingerprint density at radius 1 is 1.32 bits per heavy atom. The predicted octanol–water partition coefficient (Wildman–Crippen LogP) is 3.20. The second-order valence-corrected chi connectivity index (χ2v) is 4.84. The Hall–Kier alpha value is -1.71. The number of aliphatic carboxylic acids is 1. The van der Waals surface area contributed by atoms with Crippen LogP contribution in [-0.4, -0.2) is 18.2 Å².